The Morgan fingerprint density at radius 3 is 2.50 bits per heavy atom. The number of benzene rings is 2. The normalized spacial score (nSPS) is 10.8. The summed E-state index contributed by atoms with van der Waals surface area (Å²) in [5, 5.41) is 13.7. The molecule has 3 rings (SSSR count). The Labute approximate surface area is 186 Å². The van der Waals surface area contributed by atoms with Crippen LogP contribution < -0.4 is 5.69 Å². The highest BCUT2D eigenvalue weighted by molar-refractivity contribution is 5.96. The summed E-state index contributed by atoms with van der Waals surface area (Å²) < 4.78 is 2.50. The van der Waals surface area contributed by atoms with Gasteiger partial charge in [-0.05, 0) is 35.6 Å². The van der Waals surface area contributed by atoms with Crippen molar-refractivity contribution in [3.05, 3.63) is 88.6 Å². The molecule has 32 heavy (non-hydrogen) atoms. The zero-order valence-electron chi connectivity index (χ0n) is 18.2. The first kappa shape index (κ1) is 22.9. The molecule has 0 atom stereocenters. The summed E-state index contributed by atoms with van der Waals surface area (Å²) in [6.07, 6.45) is 4.76. The largest absolute Gasteiger partial charge is 0.478 e. The summed E-state index contributed by atoms with van der Waals surface area (Å²) in [6, 6.07) is 14.2. The predicted molar refractivity (Wildman–Crippen MR) is 123 cm³/mol. The van der Waals surface area contributed by atoms with Crippen molar-refractivity contribution in [1.82, 2.24) is 14.3 Å². The third-order valence-electron chi connectivity index (χ3n) is 5.25. The smallest absolute Gasteiger partial charge is 0.353 e. The van der Waals surface area contributed by atoms with Gasteiger partial charge >= 0.3 is 11.7 Å². The molecule has 0 bridgehead atoms. The van der Waals surface area contributed by atoms with Gasteiger partial charge in [0.15, 0.2) is 0 Å². The molecule has 0 radical (unpaired) electrons. The van der Waals surface area contributed by atoms with Crippen LogP contribution in [-0.2, 0) is 13.0 Å². The molecule has 0 amide bonds. The second-order valence-corrected chi connectivity index (χ2v) is 7.57. The Hall–Kier alpha value is -3.74. The summed E-state index contributed by atoms with van der Waals surface area (Å²) in [5.41, 5.74) is 2.05. The molecular weight excluding hydrogens is 406 g/mol. The average Bonchev–Trinajstić information content (AvgIpc) is 3.11. The molecule has 0 aliphatic rings. The number of carbonyl (C=O) groups is 2. The standard InChI is InChI=1S/C25H27N3O4/c1-3-5-11-22-26-28(23(29)12-6-4-2)25(32)27(22)17-18-13-15-19(16-14-18)20-9-7-8-10-21(20)24(30)31/h3,7-10,13-16H,1,4-6,11-12,17H2,2H3,(H,30,31). The van der Waals surface area contributed by atoms with Crippen LogP contribution in [0.5, 0.6) is 0 Å². The molecule has 166 valence electrons. The van der Waals surface area contributed by atoms with Gasteiger partial charge in [-0.2, -0.15) is 0 Å². The van der Waals surface area contributed by atoms with Gasteiger partial charge < -0.3 is 5.11 Å². The highest BCUT2D eigenvalue weighted by Crippen LogP contribution is 2.24. The van der Waals surface area contributed by atoms with E-state index < -0.39 is 11.7 Å². The fourth-order valence-electron chi connectivity index (χ4n) is 3.50. The number of carboxylic acids is 1. The summed E-state index contributed by atoms with van der Waals surface area (Å²) in [5.74, 6) is -0.737. The molecular formula is C25H27N3O4. The lowest BCUT2D eigenvalue weighted by molar-refractivity contribution is 0.0697. The van der Waals surface area contributed by atoms with E-state index in [1.165, 1.54) is 4.57 Å². The number of carboxylic acid groups (broad SMARTS) is 1. The average molecular weight is 434 g/mol. The summed E-state index contributed by atoms with van der Waals surface area (Å²) in [7, 11) is 0. The molecule has 0 saturated heterocycles. The Morgan fingerprint density at radius 1 is 1.12 bits per heavy atom. The maximum Gasteiger partial charge on any atom is 0.353 e. The molecule has 0 aliphatic carbocycles. The van der Waals surface area contributed by atoms with Crippen molar-refractivity contribution < 1.29 is 14.7 Å². The summed E-state index contributed by atoms with van der Waals surface area (Å²) in [6.45, 7) is 5.98. The highest BCUT2D eigenvalue weighted by atomic mass is 16.4. The van der Waals surface area contributed by atoms with Gasteiger partial charge in [0.05, 0.1) is 12.1 Å². The van der Waals surface area contributed by atoms with E-state index in [0.29, 0.717) is 30.7 Å². The maximum absolute atomic E-state index is 12.9. The van der Waals surface area contributed by atoms with E-state index in [0.717, 1.165) is 22.2 Å². The van der Waals surface area contributed by atoms with Crippen LogP contribution >= 0.6 is 0 Å². The van der Waals surface area contributed by atoms with Crippen LogP contribution in [0.4, 0.5) is 0 Å². The first-order chi connectivity index (χ1) is 15.5. The van der Waals surface area contributed by atoms with Crippen molar-refractivity contribution in [3.63, 3.8) is 0 Å². The maximum atomic E-state index is 12.9. The lowest BCUT2D eigenvalue weighted by Crippen LogP contribution is -2.30. The van der Waals surface area contributed by atoms with Crippen LogP contribution in [0.1, 0.15) is 59.1 Å². The summed E-state index contributed by atoms with van der Waals surface area (Å²) >= 11 is 0. The van der Waals surface area contributed by atoms with Crippen molar-refractivity contribution in [2.75, 3.05) is 0 Å². The predicted octanol–water partition coefficient (Wildman–Crippen LogP) is 4.41. The van der Waals surface area contributed by atoms with Crippen LogP contribution in [-0.4, -0.2) is 31.3 Å². The molecule has 0 fully saturated rings. The SMILES string of the molecule is C=CCCc1nn(C(=O)CCCC)c(=O)n1Cc1ccc(-c2ccccc2C(=O)O)cc1. The van der Waals surface area contributed by atoms with Gasteiger partial charge in [0, 0.05) is 12.8 Å². The van der Waals surface area contributed by atoms with Gasteiger partial charge in [-0.1, -0.05) is 61.9 Å². The first-order valence-corrected chi connectivity index (χ1v) is 10.7. The Balaban J connectivity index is 1.90. The number of hydrogen-bond donors (Lipinski definition) is 1. The van der Waals surface area contributed by atoms with E-state index in [2.05, 4.69) is 11.7 Å². The topological polar surface area (TPSA) is 94.2 Å². The molecule has 1 N–H and O–H groups in total. The van der Waals surface area contributed by atoms with E-state index in [1.54, 1.807) is 30.3 Å². The first-order valence-electron chi connectivity index (χ1n) is 10.7. The number of aryl methyl sites for hydroxylation is 1. The van der Waals surface area contributed by atoms with Crippen molar-refractivity contribution in [1.29, 1.82) is 0 Å². The number of aromatic carboxylic acids is 1. The fourth-order valence-corrected chi connectivity index (χ4v) is 3.50. The Bertz CT molecular complexity index is 1170. The molecule has 0 saturated carbocycles. The van der Waals surface area contributed by atoms with Crippen LogP contribution in [0.15, 0.2) is 66.0 Å². The quantitative estimate of drug-likeness (QED) is 0.478. The molecule has 0 aliphatic heterocycles. The second kappa shape index (κ2) is 10.5. The lowest BCUT2D eigenvalue weighted by atomic mass is 9.99. The molecule has 3 aromatic rings. The number of unbranched alkanes of at least 4 members (excludes halogenated alkanes) is 1. The van der Waals surface area contributed by atoms with Crippen LogP contribution in [0.2, 0.25) is 0 Å². The third kappa shape index (κ3) is 5.11. The fraction of sp³-hybridized carbons (Fsp3) is 0.280. The zero-order chi connectivity index (χ0) is 23.1. The molecule has 7 nitrogen and oxygen atoms in total. The molecule has 0 spiro atoms. The zero-order valence-corrected chi connectivity index (χ0v) is 18.2. The lowest BCUT2D eigenvalue weighted by Gasteiger charge is -2.09. The molecule has 7 heteroatoms. The van der Waals surface area contributed by atoms with Gasteiger partial charge in [-0.25, -0.2) is 9.59 Å². The van der Waals surface area contributed by atoms with Crippen molar-refractivity contribution in [2.45, 2.75) is 45.6 Å². The van der Waals surface area contributed by atoms with Crippen molar-refractivity contribution >= 4 is 11.9 Å². The van der Waals surface area contributed by atoms with Crippen molar-refractivity contribution in [2.24, 2.45) is 0 Å². The molecule has 2 aromatic carbocycles. The minimum absolute atomic E-state index is 0.232. The van der Waals surface area contributed by atoms with E-state index in [1.807, 2.05) is 31.2 Å². The number of aromatic nitrogens is 3. The van der Waals surface area contributed by atoms with Crippen molar-refractivity contribution in [3.8, 4) is 11.1 Å². The van der Waals surface area contributed by atoms with E-state index in [4.69, 9.17) is 0 Å². The van der Waals surface area contributed by atoms with E-state index >= 15 is 0 Å². The van der Waals surface area contributed by atoms with Gasteiger partial charge in [-0.15, -0.1) is 16.4 Å². The van der Waals surface area contributed by atoms with Crippen LogP contribution in [0, 0.1) is 0 Å². The minimum Gasteiger partial charge on any atom is -0.478 e. The molecule has 1 aromatic heterocycles. The number of rotatable bonds is 10. The number of allylic oxidation sites excluding steroid dienone is 1. The van der Waals surface area contributed by atoms with Gasteiger partial charge in [0.2, 0.25) is 0 Å². The Kier molecular flexibility index (Phi) is 7.54. The van der Waals surface area contributed by atoms with Crippen LogP contribution in [0.3, 0.4) is 0 Å². The van der Waals surface area contributed by atoms with E-state index in [9.17, 15) is 19.5 Å². The Morgan fingerprint density at radius 2 is 1.84 bits per heavy atom. The number of nitrogens with zero attached hydrogens (tertiary/aromatic N) is 3. The number of hydrogen-bond acceptors (Lipinski definition) is 4. The highest BCUT2D eigenvalue weighted by Gasteiger charge is 2.18. The van der Waals surface area contributed by atoms with E-state index in [-0.39, 0.29) is 24.4 Å². The molecule has 1 heterocycles. The minimum atomic E-state index is -0.983. The van der Waals surface area contributed by atoms with Gasteiger partial charge in [0.1, 0.15) is 5.82 Å². The monoisotopic (exact) mass is 433 g/mol. The van der Waals surface area contributed by atoms with Gasteiger partial charge in [0.25, 0.3) is 5.91 Å². The van der Waals surface area contributed by atoms with Gasteiger partial charge in [-0.3, -0.25) is 9.36 Å². The second-order valence-electron chi connectivity index (χ2n) is 7.57. The van der Waals surface area contributed by atoms with Crippen LogP contribution in [0.25, 0.3) is 11.1 Å². The number of carbonyl (C=O) groups excluding carboxylic acids is 1. The molecule has 0 unspecified atom stereocenters. The third-order valence-corrected chi connectivity index (χ3v) is 5.25. The summed E-state index contributed by atoms with van der Waals surface area (Å²) in [4.78, 5) is 36.9.